The van der Waals surface area contributed by atoms with Crippen molar-refractivity contribution < 1.29 is 64.7 Å². The molecule has 0 bridgehead atoms. The number of nitrogens with zero attached hydrogens (tertiary/aromatic N) is 4. The van der Waals surface area contributed by atoms with E-state index in [4.69, 9.17) is 0 Å². The van der Waals surface area contributed by atoms with Gasteiger partial charge in [0.25, 0.3) is 47.3 Å². The van der Waals surface area contributed by atoms with E-state index < -0.39 is 98.4 Å². The lowest BCUT2D eigenvalue weighted by molar-refractivity contribution is -0.288. The number of alkyl halides is 6. The second-order valence-corrected chi connectivity index (χ2v) is 18.8. The van der Waals surface area contributed by atoms with Crippen LogP contribution in [0.2, 0.25) is 0 Å². The maximum atomic E-state index is 15.8. The van der Waals surface area contributed by atoms with Gasteiger partial charge in [0.15, 0.2) is 0 Å². The minimum Gasteiger partial charge on any atom is -0.268 e. The standard InChI is InChI=1S/C63H30F6N4O8/c64-62(65,66)61(63(67,68)69,39-23-27-47-51(31-39)59(80)72(55(47)76)43-15-7-13-41(33-43)70-53(74)45-25-21-37(29-49(45)57(70)78)19-17-35-9-3-1-4-10-35)40-24-28-48-52(32-40)60(81)73(56(48)77)44-16-8-14-42(34-44)71-54(75)46-26-22-38(30-50(46)58(71)79)20-18-36-11-5-2-6-12-36/h1-16,21-34H. The van der Waals surface area contributed by atoms with Crippen LogP contribution in [0, 0.1) is 23.7 Å². The average molecular weight is 1080 g/mol. The second kappa shape index (κ2) is 18.6. The Morgan fingerprint density at radius 3 is 0.840 bits per heavy atom. The molecular weight excluding hydrogens is 1050 g/mol. The van der Waals surface area contributed by atoms with E-state index in [0.29, 0.717) is 68.5 Å². The van der Waals surface area contributed by atoms with Gasteiger partial charge in [-0.3, -0.25) is 38.4 Å². The van der Waals surface area contributed by atoms with Crippen molar-refractivity contribution in [1.29, 1.82) is 0 Å². The molecule has 0 N–H and O–H groups in total. The summed E-state index contributed by atoms with van der Waals surface area (Å²) in [5, 5.41) is 0. The van der Waals surface area contributed by atoms with Crippen molar-refractivity contribution in [2.45, 2.75) is 17.8 Å². The van der Waals surface area contributed by atoms with Crippen LogP contribution in [-0.4, -0.2) is 59.6 Å². The molecule has 0 atom stereocenters. The van der Waals surface area contributed by atoms with Crippen LogP contribution in [0.5, 0.6) is 0 Å². The van der Waals surface area contributed by atoms with Crippen molar-refractivity contribution in [3.63, 3.8) is 0 Å². The third kappa shape index (κ3) is 7.99. The molecule has 0 spiro atoms. The molecule has 18 heteroatoms. The van der Waals surface area contributed by atoms with Crippen LogP contribution in [0.15, 0.2) is 182 Å². The number of amides is 8. The molecule has 0 radical (unpaired) electrons. The quantitative estimate of drug-likeness (QED) is 0.0907. The van der Waals surface area contributed by atoms with E-state index in [1.54, 1.807) is 60.7 Å². The third-order valence-corrected chi connectivity index (χ3v) is 14.2. The van der Waals surface area contributed by atoms with E-state index in [-0.39, 0.29) is 45.0 Å². The second-order valence-electron chi connectivity index (χ2n) is 18.8. The molecule has 12 nitrogen and oxygen atoms in total. The predicted molar refractivity (Wildman–Crippen MR) is 281 cm³/mol. The summed E-state index contributed by atoms with van der Waals surface area (Å²) in [6.45, 7) is 0. The highest BCUT2D eigenvalue weighted by Gasteiger charge is 2.73. The number of rotatable bonds is 6. The van der Waals surface area contributed by atoms with E-state index in [1.807, 2.05) is 12.1 Å². The van der Waals surface area contributed by atoms with Crippen molar-refractivity contribution in [2.24, 2.45) is 0 Å². The van der Waals surface area contributed by atoms with Crippen LogP contribution in [0.3, 0.4) is 0 Å². The number of carbonyl (C=O) groups excluding carboxylic acids is 8. The fraction of sp³-hybridized carbons (Fsp3) is 0.0476. The minimum absolute atomic E-state index is 0.000999. The molecule has 0 aliphatic carbocycles. The van der Waals surface area contributed by atoms with Gasteiger partial charge in [-0.05, 0) is 132 Å². The molecular formula is C63H30F6N4O8. The van der Waals surface area contributed by atoms with Crippen LogP contribution in [-0.2, 0) is 5.41 Å². The first kappa shape index (κ1) is 50.8. The molecule has 0 aromatic heterocycles. The third-order valence-electron chi connectivity index (χ3n) is 14.2. The monoisotopic (exact) mass is 1080 g/mol. The molecule has 392 valence electrons. The van der Waals surface area contributed by atoms with E-state index in [2.05, 4.69) is 23.7 Å². The van der Waals surface area contributed by atoms with Crippen molar-refractivity contribution in [3.05, 3.63) is 260 Å². The minimum atomic E-state index is -6.28. The van der Waals surface area contributed by atoms with Crippen LogP contribution in [0.4, 0.5) is 49.1 Å². The summed E-state index contributed by atoms with van der Waals surface area (Å²) in [4.78, 5) is 114. The highest BCUT2D eigenvalue weighted by molar-refractivity contribution is 6.38. The van der Waals surface area contributed by atoms with Gasteiger partial charge in [0.05, 0.1) is 67.3 Å². The number of hydrogen-bond donors (Lipinski definition) is 0. The summed E-state index contributed by atoms with van der Waals surface area (Å²) in [6, 6.07) is 39.2. The van der Waals surface area contributed by atoms with Gasteiger partial charge >= 0.3 is 12.4 Å². The molecule has 0 fully saturated rings. The van der Waals surface area contributed by atoms with Crippen LogP contribution in [0.25, 0.3) is 0 Å². The van der Waals surface area contributed by atoms with Gasteiger partial charge in [-0.25, -0.2) is 19.6 Å². The Labute approximate surface area is 454 Å². The lowest BCUT2D eigenvalue weighted by Gasteiger charge is -2.38. The Balaban J connectivity index is 0.833. The number of imide groups is 4. The molecule has 0 unspecified atom stereocenters. The average Bonchev–Trinajstić information content (AvgIpc) is 3.86. The highest BCUT2D eigenvalue weighted by atomic mass is 19.4. The zero-order valence-electron chi connectivity index (χ0n) is 41.1. The fourth-order valence-electron chi connectivity index (χ4n) is 10.4. The molecule has 4 aliphatic rings. The number of halogens is 6. The lowest BCUT2D eigenvalue weighted by Crippen LogP contribution is -2.55. The summed E-state index contributed by atoms with van der Waals surface area (Å²) in [5.41, 5.74) is -9.61. The first-order chi connectivity index (χ1) is 38.8. The summed E-state index contributed by atoms with van der Waals surface area (Å²) in [7, 11) is 0. The van der Waals surface area contributed by atoms with Crippen LogP contribution in [0.1, 0.15) is 116 Å². The predicted octanol–water partition coefficient (Wildman–Crippen LogP) is 11.1. The molecule has 4 heterocycles. The lowest BCUT2D eigenvalue weighted by atomic mass is 9.71. The Kier molecular flexibility index (Phi) is 11.7. The number of fused-ring (bicyclic) bond motifs is 4. The molecule has 8 aromatic rings. The topological polar surface area (TPSA) is 150 Å². The number of carbonyl (C=O) groups is 8. The molecule has 4 aliphatic heterocycles. The Bertz CT molecular complexity index is 4050. The van der Waals surface area contributed by atoms with Gasteiger partial charge in [0.1, 0.15) is 0 Å². The van der Waals surface area contributed by atoms with Gasteiger partial charge in [-0.1, -0.05) is 84.3 Å². The molecule has 0 saturated heterocycles. The van der Waals surface area contributed by atoms with E-state index in [1.165, 1.54) is 60.7 Å². The van der Waals surface area contributed by atoms with Gasteiger partial charge < -0.3 is 0 Å². The van der Waals surface area contributed by atoms with Crippen molar-refractivity contribution >= 4 is 70.0 Å². The zero-order valence-corrected chi connectivity index (χ0v) is 41.1. The normalized spacial score (nSPS) is 14.7. The summed E-state index contributed by atoms with van der Waals surface area (Å²) in [5.74, 6) is 3.71. The van der Waals surface area contributed by atoms with E-state index in [0.717, 1.165) is 21.9 Å². The Morgan fingerprint density at radius 1 is 0.259 bits per heavy atom. The van der Waals surface area contributed by atoms with Crippen LogP contribution >= 0.6 is 0 Å². The Hall–Kier alpha value is -11.0. The number of anilines is 4. The molecule has 12 rings (SSSR count). The maximum absolute atomic E-state index is 15.8. The maximum Gasteiger partial charge on any atom is 0.411 e. The SMILES string of the molecule is O=C1c2ccc(C#Cc3ccccc3)cc2C(=O)N1c1cccc(N2C(=O)c3ccc(C(c4ccc5c(c4)C(=O)N(c4cccc(N6C(=O)c7ccc(C#Cc8ccccc8)cc7C6=O)c4)C5=O)(C(F)(F)F)C(F)(F)F)cc3C2=O)c1. The molecule has 81 heavy (non-hydrogen) atoms. The number of benzene rings is 8. The highest BCUT2D eigenvalue weighted by Crippen LogP contribution is 2.57. The number of hydrogen-bond acceptors (Lipinski definition) is 8. The van der Waals surface area contributed by atoms with Gasteiger partial charge in [0, 0.05) is 22.3 Å². The van der Waals surface area contributed by atoms with Crippen molar-refractivity contribution in [1.82, 2.24) is 0 Å². The molecule has 8 aromatic carbocycles. The van der Waals surface area contributed by atoms with Crippen molar-refractivity contribution in [3.8, 4) is 23.7 Å². The zero-order chi connectivity index (χ0) is 56.9. The van der Waals surface area contributed by atoms with Gasteiger partial charge in [-0.15, -0.1) is 0 Å². The largest absolute Gasteiger partial charge is 0.411 e. The first-order valence-electron chi connectivity index (χ1n) is 24.4. The van der Waals surface area contributed by atoms with E-state index in [9.17, 15) is 38.4 Å². The fourth-order valence-corrected chi connectivity index (χ4v) is 10.4. The molecule has 0 saturated carbocycles. The van der Waals surface area contributed by atoms with Crippen molar-refractivity contribution in [2.75, 3.05) is 19.6 Å². The summed E-state index contributed by atoms with van der Waals surface area (Å²) < 4.78 is 94.6. The first-order valence-corrected chi connectivity index (χ1v) is 24.4. The molecule has 8 amide bonds. The summed E-state index contributed by atoms with van der Waals surface area (Å²) >= 11 is 0. The van der Waals surface area contributed by atoms with Gasteiger partial charge in [-0.2, -0.15) is 26.3 Å². The Morgan fingerprint density at radius 2 is 0.531 bits per heavy atom. The smallest absolute Gasteiger partial charge is 0.268 e. The van der Waals surface area contributed by atoms with E-state index >= 15 is 26.3 Å². The van der Waals surface area contributed by atoms with Gasteiger partial charge in [0.2, 0.25) is 5.41 Å². The summed E-state index contributed by atoms with van der Waals surface area (Å²) in [6.07, 6.45) is -12.6. The van der Waals surface area contributed by atoms with Crippen LogP contribution < -0.4 is 19.6 Å².